The van der Waals surface area contributed by atoms with E-state index >= 15 is 0 Å². The van der Waals surface area contributed by atoms with Crippen LogP contribution in [0.4, 0.5) is 4.79 Å². The predicted molar refractivity (Wildman–Crippen MR) is 76.0 cm³/mol. The van der Waals surface area contributed by atoms with Crippen molar-refractivity contribution in [2.45, 2.75) is 84.0 Å². The molecule has 1 heterocycles. The van der Waals surface area contributed by atoms with Crippen molar-refractivity contribution in [3.8, 4) is 0 Å². The van der Waals surface area contributed by atoms with Crippen molar-refractivity contribution in [3.05, 3.63) is 0 Å². The molecule has 4 heteroatoms. The Balaban J connectivity index is 1.96. The summed E-state index contributed by atoms with van der Waals surface area (Å²) in [4.78, 5) is 11.5. The molecule has 2 atom stereocenters. The van der Waals surface area contributed by atoms with Crippen LogP contribution in [0.3, 0.4) is 0 Å². The van der Waals surface area contributed by atoms with Gasteiger partial charge in [0, 0.05) is 0 Å². The van der Waals surface area contributed by atoms with Crippen molar-refractivity contribution in [1.82, 2.24) is 5.32 Å². The summed E-state index contributed by atoms with van der Waals surface area (Å²) < 4.78 is 10.4. The van der Waals surface area contributed by atoms with E-state index in [-0.39, 0.29) is 12.3 Å². The van der Waals surface area contributed by atoms with Crippen LogP contribution in [0.2, 0.25) is 0 Å². The van der Waals surface area contributed by atoms with E-state index in [0.717, 1.165) is 32.2 Å². The molecule has 1 saturated heterocycles. The number of ether oxygens (including phenoxy) is 2. The van der Waals surface area contributed by atoms with Gasteiger partial charge in [0.2, 0.25) is 0 Å². The van der Waals surface area contributed by atoms with Crippen molar-refractivity contribution in [1.29, 1.82) is 0 Å². The molecule has 1 N–H and O–H groups in total. The van der Waals surface area contributed by atoms with Gasteiger partial charge >= 0.3 is 6.16 Å². The van der Waals surface area contributed by atoms with Crippen molar-refractivity contribution in [2.24, 2.45) is 0 Å². The molecule has 0 aromatic heterocycles. The van der Waals surface area contributed by atoms with Gasteiger partial charge in [0.25, 0.3) is 0 Å². The summed E-state index contributed by atoms with van der Waals surface area (Å²) in [6, 6.07) is 0. The zero-order valence-corrected chi connectivity index (χ0v) is 12.5. The molecule has 0 aromatic carbocycles. The minimum absolute atomic E-state index is 0.0416. The zero-order chi connectivity index (χ0) is 13.9. The standard InChI is InChI=1S/C15H29NO3/c1-3-4-5-6-7-8-10-13(2)18-15(17)19-14-11-9-12-16-14/h13-14,16H,3-12H2,1-2H3. The Labute approximate surface area is 117 Å². The number of carbonyl (C=O) groups excluding carboxylic acids is 1. The van der Waals surface area contributed by atoms with Gasteiger partial charge in [0.1, 0.15) is 6.10 Å². The van der Waals surface area contributed by atoms with Crippen LogP contribution in [-0.2, 0) is 9.47 Å². The van der Waals surface area contributed by atoms with Gasteiger partial charge in [-0.15, -0.1) is 0 Å². The van der Waals surface area contributed by atoms with E-state index in [1.54, 1.807) is 0 Å². The van der Waals surface area contributed by atoms with Gasteiger partial charge in [-0.25, -0.2) is 4.79 Å². The highest BCUT2D eigenvalue weighted by Gasteiger charge is 2.20. The molecule has 0 saturated carbocycles. The van der Waals surface area contributed by atoms with Crippen LogP contribution in [0.15, 0.2) is 0 Å². The van der Waals surface area contributed by atoms with Crippen LogP contribution in [0.5, 0.6) is 0 Å². The fraction of sp³-hybridized carbons (Fsp3) is 0.933. The van der Waals surface area contributed by atoms with Gasteiger partial charge < -0.3 is 9.47 Å². The van der Waals surface area contributed by atoms with Gasteiger partial charge in [-0.2, -0.15) is 0 Å². The van der Waals surface area contributed by atoms with E-state index in [9.17, 15) is 4.79 Å². The van der Waals surface area contributed by atoms with Crippen LogP contribution in [0.25, 0.3) is 0 Å². The Bertz CT molecular complexity index is 240. The molecule has 0 aliphatic carbocycles. The first kappa shape index (κ1) is 16.3. The maximum Gasteiger partial charge on any atom is 0.510 e. The first-order chi connectivity index (χ1) is 9.22. The monoisotopic (exact) mass is 271 g/mol. The Kier molecular flexibility index (Phi) is 8.63. The van der Waals surface area contributed by atoms with E-state index in [2.05, 4.69) is 12.2 Å². The third-order valence-corrected chi connectivity index (χ3v) is 3.52. The van der Waals surface area contributed by atoms with Crippen LogP contribution < -0.4 is 5.32 Å². The predicted octanol–water partition coefficient (Wildman–Crippen LogP) is 3.99. The Morgan fingerprint density at radius 1 is 1.26 bits per heavy atom. The topological polar surface area (TPSA) is 47.6 Å². The third-order valence-electron chi connectivity index (χ3n) is 3.52. The third kappa shape index (κ3) is 8.09. The highest BCUT2D eigenvalue weighted by atomic mass is 16.7. The Morgan fingerprint density at radius 2 is 2.00 bits per heavy atom. The van der Waals surface area contributed by atoms with Gasteiger partial charge in [-0.3, -0.25) is 5.32 Å². The SMILES string of the molecule is CCCCCCCCC(C)OC(=O)OC1CCCN1. The molecule has 1 aliphatic rings. The second kappa shape index (κ2) is 10.1. The molecule has 19 heavy (non-hydrogen) atoms. The van der Waals surface area contributed by atoms with Gasteiger partial charge in [0.05, 0.1) is 0 Å². The largest absolute Gasteiger partial charge is 0.510 e. The second-order valence-corrected chi connectivity index (χ2v) is 5.44. The molecule has 2 unspecified atom stereocenters. The van der Waals surface area contributed by atoms with E-state index in [4.69, 9.17) is 9.47 Å². The van der Waals surface area contributed by atoms with Crippen molar-refractivity contribution >= 4 is 6.16 Å². The lowest BCUT2D eigenvalue weighted by atomic mass is 10.1. The molecule has 0 bridgehead atoms. The molecule has 0 spiro atoms. The minimum Gasteiger partial charge on any atom is -0.431 e. The summed E-state index contributed by atoms with van der Waals surface area (Å²) in [6.45, 7) is 5.08. The molecule has 0 amide bonds. The summed E-state index contributed by atoms with van der Waals surface area (Å²) >= 11 is 0. The highest BCUT2D eigenvalue weighted by molar-refractivity contribution is 5.60. The molecule has 4 nitrogen and oxygen atoms in total. The van der Waals surface area contributed by atoms with Crippen molar-refractivity contribution in [3.63, 3.8) is 0 Å². The Hall–Kier alpha value is -0.770. The van der Waals surface area contributed by atoms with Crippen LogP contribution in [-0.4, -0.2) is 25.0 Å². The average Bonchev–Trinajstić information content (AvgIpc) is 2.86. The smallest absolute Gasteiger partial charge is 0.431 e. The van der Waals surface area contributed by atoms with Crippen molar-refractivity contribution in [2.75, 3.05) is 6.54 Å². The van der Waals surface area contributed by atoms with E-state index in [1.165, 1.54) is 32.1 Å². The fourth-order valence-corrected chi connectivity index (χ4v) is 2.33. The molecule has 1 fully saturated rings. The molecule has 0 aromatic rings. The van der Waals surface area contributed by atoms with E-state index in [0.29, 0.717) is 0 Å². The lowest BCUT2D eigenvalue weighted by Crippen LogP contribution is -2.29. The Morgan fingerprint density at radius 3 is 2.68 bits per heavy atom. The average molecular weight is 271 g/mol. The van der Waals surface area contributed by atoms with Crippen LogP contribution in [0.1, 0.15) is 71.6 Å². The summed E-state index contributed by atoms with van der Waals surface area (Å²) in [6.07, 6.45) is 9.73. The minimum atomic E-state index is -0.530. The van der Waals surface area contributed by atoms with Gasteiger partial charge in [-0.05, 0) is 39.2 Å². The molecule has 1 rings (SSSR count). The zero-order valence-electron chi connectivity index (χ0n) is 12.5. The molecule has 112 valence electrons. The first-order valence-corrected chi connectivity index (χ1v) is 7.83. The van der Waals surface area contributed by atoms with Gasteiger partial charge in [0.15, 0.2) is 6.23 Å². The van der Waals surface area contributed by atoms with Crippen LogP contribution in [0, 0.1) is 0 Å². The van der Waals surface area contributed by atoms with Gasteiger partial charge in [-0.1, -0.05) is 39.0 Å². The fourth-order valence-electron chi connectivity index (χ4n) is 2.33. The highest BCUT2D eigenvalue weighted by Crippen LogP contribution is 2.12. The van der Waals surface area contributed by atoms with E-state index < -0.39 is 6.16 Å². The second-order valence-electron chi connectivity index (χ2n) is 5.44. The number of hydrogen-bond acceptors (Lipinski definition) is 4. The number of unbranched alkanes of at least 4 members (excludes halogenated alkanes) is 5. The number of carbonyl (C=O) groups is 1. The maximum atomic E-state index is 11.5. The summed E-state index contributed by atoms with van der Waals surface area (Å²) in [7, 11) is 0. The lowest BCUT2D eigenvalue weighted by Gasteiger charge is -2.16. The number of rotatable bonds is 9. The lowest BCUT2D eigenvalue weighted by molar-refractivity contribution is -0.00330. The van der Waals surface area contributed by atoms with Crippen molar-refractivity contribution < 1.29 is 14.3 Å². The molecule has 0 radical (unpaired) electrons. The summed E-state index contributed by atoms with van der Waals surface area (Å²) in [5.74, 6) is 0. The molecule has 1 aliphatic heterocycles. The quantitative estimate of drug-likeness (QED) is 0.509. The molecular weight excluding hydrogens is 242 g/mol. The van der Waals surface area contributed by atoms with Crippen LogP contribution >= 0.6 is 0 Å². The number of nitrogens with one attached hydrogen (secondary N) is 1. The summed E-state index contributed by atoms with van der Waals surface area (Å²) in [5, 5.41) is 3.11. The summed E-state index contributed by atoms with van der Waals surface area (Å²) in [5.41, 5.74) is 0. The molecular formula is C15H29NO3. The first-order valence-electron chi connectivity index (χ1n) is 7.83. The normalized spacial score (nSPS) is 20.2. The number of hydrogen-bond donors (Lipinski definition) is 1. The van der Waals surface area contributed by atoms with E-state index in [1.807, 2.05) is 6.92 Å². The maximum absolute atomic E-state index is 11.5.